The first kappa shape index (κ1) is 17.9. The molecule has 3 N–H and O–H groups in total. The minimum Gasteiger partial charge on any atom is -0.508 e. The molecule has 0 aliphatic carbocycles. The molecule has 0 saturated carbocycles. The van der Waals surface area contributed by atoms with Gasteiger partial charge in [-0.1, -0.05) is 13.8 Å². The summed E-state index contributed by atoms with van der Waals surface area (Å²) in [7, 11) is 0. The number of phenolic OH excluding ortho intramolecular Hbond substituents is 1. The van der Waals surface area contributed by atoms with Crippen LogP contribution in [0.3, 0.4) is 0 Å². The normalized spacial score (nSPS) is 19.6. The van der Waals surface area contributed by atoms with Crippen LogP contribution in [0.15, 0.2) is 29.1 Å². The van der Waals surface area contributed by atoms with Crippen LogP contribution in [0.2, 0.25) is 0 Å². The molecule has 0 radical (unpaired) electrons. The van der Waals surface area contributed by atoms with Gasteiger partial charge < -0.3 is 20.1 Å². The molecule has 7 heteroatoms. The Balaban J connectivity index is 1.84. The number of carbonyl (C=O) groups excluding carboxylic acids is 1. The van der Waals surface area contributed by atoms with Gasteiger partial charge in [-0.05, 0) is 42.7 Å². The predicted molar refractivity (Wildman–Crippen MR) is 108 cm³/mol. The Morgan fingerprint density at radius 1 is 1.21 bits per heavy atom. The molecule has 29 heavy (non-hydrogen) atoms. The fourth-order valence-electron chi connectivity index (χ4n) is 4.67. The van der Waals surface area contributed by atoms with E-state index in [0.717, 1.165) is 28.5 Å². The molecular weight excluding hydrogens is 370 g/mol. The van der Waals surface area contributed by atoms with Gasteiger partial charge in [-0.15, -0.1) is 0 Å². The van der Waals surface area contributed by atoms with Crippen molar-refractivity contribution in [2.75, 3.05) is 0 Å². The van der Waals surface area contributed by atoms with Crippen LogP contribution in [-0.2, 0) is 29.9 Å². The monoisotopic (exact) mass is 391 g/mol. The Hall–Kier alpha value is -3.19. The topological polar surface area (TPSA) is 104 Å². The first-order valence-corrected chi connectivity index (χ1v) is 9.81. The zero-order chi connectivity index (χ0) is 20.5. The Kier molecular flexibility index (Phi) is 3.64. The summed E-state index contributed by atoms with van der Waals surface area (Å²) in [6.07, 6.45) is 0.901. The van der Waals surface area contributed by atoms with Crippen molar-refractivity contribution in [3.63, 3.8) is 0 Å². The second-order valence-electron chi connectivity index (χ2n) is 7.68. The number of hydrogen-bond acceptors (Lipinski definition) is 5. The fraction of sp³-hybridized carbons (Fsp3) is 0.318. The van der Waals surface area contributed by atoms with E-state index in [1.54, 1.807) is 35.8 Å². The fourth-order valence-corrected chi connectivity index (χ4v) is 4.67. The van der Waals surface area contributed by atoms with Crippen LogP contribution in [-0.4, -0.2) is 25.7 Å². The van der Waals surface area contributed by atoms with Crippen molar-refractivity contribution in [3.05, 3.63) is 56.9 Å². The molecule has 1 amide bonds. The maximum absolute atomic E-state index is 13.3. The number of fused-ring (bicyclic) bond motifs is 5. The molecule has 2 aliphatic heterocycles. The molecule has 7 nitrogen and oxygen atoms in total. The maximum Gasteiger partial charge on any atom is 0.256 e. The number of aliphatic hydroxyl groups is 1. The number of hydrogen-bond donors (Lipinski definition) is 3. The van der Waals surface area contributed by atoms with Gasteiger partial charge in [0.15, 0.2) is 5.60 Å². The third kappa shape index (κ3) is 2.25. The van der Waals surface area contributed by atoms with Gasteiger partial charge >= 0.3 is 0 Å². The standard InChI is InChI=1S/C22H21N3O4/c1-3-12-13-7-11(26)5-6-17(13)24-19-15(12)10-25-18(19)8-16-14(20(25)27)9-23-21(28)22(16,29)4-2/h5-8,26,29H,3-4,9-10H2,1-2H3,(H,23,28)/t22-/m0/s1. The predicted octanol–water partition coefficient (Wildman–Crippen LogP) is 1.92. The van der Waals surface area contributed by atoms with Crippen LogP contribution >= 0.6 is 0 Å². The summed E-state index contributed by atoms with van der Waals surface area (Å²) in [6.45, 7) is 4.25. The van der Waals surface area contributed by atoms with Gasteiger partial charge in [0.1, 0.15) is 5.75 Å². The molecule has 3 aromatic rings. The van der Waals surface area contributed by atoms with Crippen molar-refractivity contribution in [1.82, 2.24) is 14.9 Å². The molecule has 0 saturated heterocycles. The number of aryl methyl sites for hydroxylation is 1. The largest absolute Gasteiger partial charge is 0.508 e. The van der Waals surface area contributed by atoms with Crippen molar-refractivity contribution in [2.45, 2.75) is 45.4 Å². The highest BCUT2D eigenvalue weighted by Gasteiger charge is 2.43. The highest BCUT2D eigenvalue weighted by Crippen LogP contribution is 2.39. The molecule has 1 aromatic carbocycles. The summed E-state index contributed by atoms with van der Waals surface area (Å²) in [5.74, 6) is -0.305. The number of phenols is 1. The Bertz CT molecular complexity index is 1280. The molecule has 0 bridgehead atoms. The second kappa shape index (κ2) is 5.90. The van der Waals surface area contributed by atoms with Gasteiger partial charge in [-0.2, -0.15) is 0 Å². The van der Waals surface area contributed by atoms with Crippen LogP contribution < -0.4 is 10.9 Å². The Labute approximate surface area is 166 Å². The molecule has 2 aromatic heterocycles. The third-order valence-electron chi connectivity index (χ3n) is 6.26. The molecule has 0 spiro atoms. The smallest absolute Gasteiger partial charge is 0.256 e. The highest BCUT2D eigenvalue weighted by atomic mass is 16.3. The van der Waals surface area contributed by atoms with E-state index in [9.17, 15) is 19.8 Å². The number of nitrogens with one attached hydrogen (secondary N) is 1. The van der Waals surface area contributed by atoms with E-state index in [4.69, 9.17) is 4.98 Å². The van der Waals surface area contributed by atoms with Gasteiger partial charge in [-0.25, -0.2) is 4.98 Å². The number of amides is 1. The number of benzene rings is 1. The van der Waals surface area contributed by atoms with Gasteiger partial charge in [0.2, 0.25) is 0 Å². The van der Waals surface area contributed by atoms with Gasteiger partial charge in [0.25, 0.3) is 11.5 Å². The summed E-state index contributed by atoms with van der Waals surface area (Å²) < 4.78 is 1.67. The Morgan fingerprint density at radius 3 is 2.72 bits per heavy atom. The quantitative estimate of drug-likeness (QED) is 0.484. The molecule has 5 rings (SSSR count). The van der Waals surface area contributed by atoms with Gasteiger partial charge in [0.05, 0.1) is 23.4 Å². The number of aromatic nitrogens is 2. The van der Waals surface area contributed by atoms with Crippen molar-refractivity contribution in [1.29, 1.82) is 0 Å². The lowest BCUT2D eigenvalue weighted by molar-refractivity contribution is -0.142. The Morgan fingerprint density at radius 2 is 2.00 bits per heavy atom. The lowest BCUT2D eigenvalue weighted by atomic mass is 9.84. The lowest BCUT2D eigenvalue weighted by Crippen LogP contribution is -2.50. The van der Waals surface area contributed by atoms with E-state index < -0.39 is 11.5 Å². The minimum absolute atomic E-state index is 0.107. The minimum atomic E-state index is -1.72. The SMILES string of the molecule is CCc1c2c(nc3ccc(O)cc13)-c1cc3c(c(=O)n1C2)CNC(=O)[C@]3(O)CC. The summed E-state index contributed by atoms with van der Waals surface area (Å²) in [6, 6.07) is 6.81. The van der Waals surface area contributed by atoms with Crippen molar-refractivity contribution < 1.29 is 15.0 Å². The molecule has 0 fully saturated rings. The first-order valence-electron chi connectivity index (χ1n) is 9.81. The molecule has 4 heterocycles. The molecule has 2 aliphatic rings. The zero-order valence-corrected chi connectivity index (χ0v) is 16.2. The summed E-state index contributed by atoms with van der Waals surface area (Å²) >= 11 is 0. The molecule has 148 valence electrons. The summed E-state index contributed by atoms with van der Waals surface area (Å²) in [5, 5.41) is 24.4. The lowest BCUT2D eigenvalue weighted by Gasteiger charge is -2.32. The number of rotatable bonds is 2. The zero-order valence-electron chi connectivity index (χ0n) is 16.2. The average Bonchev–Trinajstić information content (AvgIpc) is 3.08. The highest BCUT2D eigenvalue weighted by molar-refractivity contribution is 5.91. The number of aromatic hydroxyl groups is 1. The average molecular weight is 391 g/mol. The van der Waals surface area contributed by atoms with Gasteiger partial charge in [0, 0.05) is 28.6 Å². The van der Waals surface area contributed by atoms with Crippen LogP contribution in [0.25, 0.3) is 22.3 Å². The van der Waals surface area contributed by atoms with Crippen molar-refractivity contribution >= 4 is 16.8 Å². The first-order chi connectivity index (χ1) is 13.9. The molecular formula is C22H21N3O4. The van der Waals surface area contributed by atoms with E-state index in [-0.39, 0.29) is 24.3 Å². The van der Waals surface area contributed by atoms with E-state index in [1.165, 1.54) is 0 Å². The van der Waals surface area contributed by atoms with E-state index >= 15 is 0 Å². The van der Waals surface area contributed by atoms with Crippen LogP contribution in [0, 0.1) is 0 Å². The number of pyridine rings is 2. The van der Waals surface area contributed by atoms with Crippen LogP contribution in [0.1, 0.15) is 42.5 Å². The summed E-state index contributed by atoms with van der Waals surface area (Å²) in [5.41, 5.74) is 2.91. The second-order valence-corrected chi connectivity index (χ2v) is 7.68. The maximum atomic E-state index is 13.3. The van der Waals surface area contributed by atoms with E-state index in [0.29, 0.717) is 29.1 Å². The van der Waals surface area contributed by atoms with Crippen molar-refractivity contribution in [2.24, 2.45) is 0 Å². The van der Waals surface area contributed by atoms with E-state index in [1.807, 2.05) is 6.92 Å². The van der Waals surface area contributed by atoms with Crippen LogP contribution in [0.4, 0.5) is 0 Å². The third-order valence-corrected chi connectivity index (χ3v) is 6.26. The molecule has 0 unspecified atom stereocenters. The van der Waals surface area contributed by atoms with Crippen molar-refractivity contribution in [3.8, 4) is 17.1 Å². The molecule has 1 atom stereocenters. The van der Waals surface area contributed by atoms with Crippen LogP contribution in [0.5, 0.6) is 5.75 Å². The number of carbonyl (C=O) groups is 1. The van der Waals surface area contributed by atoms with E-state index in [2.05, 4.69) is 5.32 Å². The van der Waals surface area contributed by atoms with Gasteiger partial charge in [-0.3, -0.25) is 9.59 Å². The summed E-state index contributed by atoms with van der Waals surface area (Å²) in [4.78, 5) is 30.4. The number of nitrogens with zero attached hydrogens (tertiary/aromatic N) is 2.